The van der Waals surface area contributed by atoms with Crippen molar-refractivity contribution in [2.75, 3.05) is 0 Å². The van der Waals surface area contributed by atoms with Gasteiger partial charge in [0.15, 0.2) is 5.70 Å². The van der Waals surface area contributed by atoms with Crippen molar-refractivity contribution in [3.63, 3.8) is 0 Å². The van der Waals surface area contributed by atoms with E-state index in [9.17, 15) is 4.79 Å². The number of hydrogen-bond donors (Lipinski definition) is 0. The van der Waals surface area contributed by atoms with Crippen LogP contribution >= 0.6 is 23.2 Å². The summed E-state index contributed by atoms with van der Waals surface area (Å²) >= 11 is 11.9. The fourth-order valence-corrected chi connectivity index (χ4v) is 3.04. The first-order chi connectivity index (χ1) is 14.1. The van der Waals surface area contributed by atoms with Crippen LogP contribution in [0.4, 0.5) is 0 Å². The molecule has 0 bridgehead atoms. The molecule has 1 heterocycles. The van der Waals surface area contributed by atoms with Crippen molar-refractivity contribution in [3.8, 4) is 5.75 Å². The van der Waals surface area contributed by atoms with Crippen LogP contribution in [-0.2, 0) is 16.1 Å². The Bertz CT molecular complexity index is 1100. The average Bonchev–Trinajstić information content (AvgIpc) is 3.09. The molecule has 0 N–H and O–H groups in total. The van der Waals surface area contributed by atoms with Gasteiger partial charge in [-0.1, -0.05) is 53.5 Å². The Morgan fingerprint density at radius 3 is 2.41 bits per heavy atom. The molecular weight excluding hydrogens is 409 g/mol. The maximum Gasteiger partial charge on any atom is 0.363 e. The molecular formula is C23H15Cl2NO3. The Balaban J connectivity index is 1.45. The molecule has 0 saturated carbocycles. The highest BCUT2D eigenvalue weighted by atomic mass is 35.5. The van der Waals surface area contributed by atoms with Gasteiger partial charge in [-0.05, 0) is 59.7 Å². The van der Waals surface area contributed by atoms with Gasteiger partial charge in [0.05, 0.1) is 0 Å². The molecule has 0 aromatic heterocycles. The van der Waals surface area contributed by atoms with Crippen LogP contribution in [0.15, 0.2) is 83.5 Å². The van der Waals surface area contributed by atoms with Crippen LogP contribution in [0.5, 0.6) is 5.75 Å². The molecule has 4 rings (SSSR count). The van der Waals surface area contributed by atoms with E-state index in [-0.39, 0.29) is 11.6 Å². The highest BCUT2D eigenvalue weighted by Gasteiger charge is 2.24. The number of hydrogen-bond acceptors (Lipinski definition) is 4. The molecule has 0 unspecified atom stereocenters. The van der Waals surface area contributed by atoms with Crippen LogP contribution in [0.25, 0.3) is 6.08 Å². The number of halogens is 2. The lowest BCUT2D eigenvalue weighted by atomic mass is 10.2. The highest BCUT2D eigenvalue weighted by Crippen LogP contribution is 2.22. The van der Waals surface area contributed by atoms with E-state index in [4.69, 9.17) is 32.7 Å². The Labute approximate surface area is 178 Å². The molecule has 6 heteroatoms. The first-order valence-electron chi connectivity index (χ1n) is 8.83. The zero-order valence-corrected chi connectivity index (χ0v) is 16.7. The summed E-state index contributed by atoms with van der Waals surface area (Å²) in [7, 11) is 0. The van der Waals surface area contributed by atoms with E-state index in [0.717, 1.165) is 16.9 Å². The van der Waals surface area contributed by atoms with Gasteiger partial charge in [0.2, 0.25) is 5.90 Å². The summed E-state index contributed by atoms with van der Waals surface area (Å²) in [5.41, 5.74) is 2.72. The van der Waals surface area contributed by atoms with Gasteiger partial charge in [0, 0.05) is 15.6 Å². The maximum absolute atomic E-state index is 12.1. The quantitative estimate of drug-likeness (QED) is 0.378. The monoisotopic (exact) mass is 423 g/mol. The van der Waals surface area contributed by atoms with Gasteiger partial charge < -0.3 is 9.47 Å². The second-order valence-electron chi connectivity index (χ2n) is 6.33. The summed E-state index contributed by atoms with van der Waals surface area (Å²) in [6, 6.07) is 21.9. The normalized spacial score (nSPS) is 14.6. The van der Waals surface area contributed by atoms with Gasteiger partial charge in [-0.25, -0.2) is 9.79 Å². The van der Waals surface area contributed by atoms with Crippen LogP contribution in [0.2, 0.25) is 10.0 Å². The lowest BCUT2D eigenvalue weighted by Gasteiger charge is -2.06. The van der Waals surface area contributed by atoms with E-state index in [1.54, 1.807) is 30.3 Å². The predicted molar refractivity (Wildman–Crippen MR) is 114 cm³/mol. The second kappa shape index (κ2) is 8.52. The van der Waals surface area contributed by atoms with E-state index in [0.29, 0.717) is 22.2 Å². The SMILES string of the molecule is O=C1OC(c2cccc(Cl)c2)=N/C1=C\c1ccc(OCc2ccc(Cl)cc2)cc1. The molecule has 0 fully saturated rings. The molecule has 0 spiro atoms. The number of rotatable bonds is 5. The molecule has 0 amide bonds. The number of benzene rings is 3. The number of aliphatic imine (C=N–C) groups is 1. The standard InChI is InChI=1S/C23H15Cl2NO3/c24-18-8-4-16(5-9-18)14-28-20-10-6-15(7-11-20)12-21-23(27)29-22(26-21)17-2-1-3-19(25)13-17/h1-13H,14H2/b21-12-. The van der Waals surface area contributed by atoms with Crippen molar-refractivity contribution in [3.05, 3.63) is 105 Å². The van der Waals surface area contributed by atoms with Crippen LogP contribution in [0.1, 0.15) is 16.7 Å². The van der Waals surface area contributed by atoms with Crippen molar-refractivity contribution in [1.29, 1.82) is 0 Å². The van der Waals surface area contributed by atoms with Crippen LogP contribution < -0.4 is 4.74 Å². The fraction of sp³-hybridized carbons (Fsp3) is 0.0435. The molecule has 0 saturated heterocycles. The van der Waals surface area contributed by atoms with E-state index in [1.807, 2.05) is 48.5 Å². The first kappa shape index (κ1) is 19.2. The fourth-order valence-electron chi connectivity index (χ4n) is 2.72. The predicted octanol–water partition coefficient (Wildman–Crippen LogP) is 5.92. The summed E-state index contributed by atoms with van der Waals surface area (Å²) in [4.78, 5) is 16.4. The Hall–Kier alpha value is -3.08. The van der Waals surface area contributed by atoms with Gasteiger partial charge in [-0.2, -0.15) is 0 Å². The summed E-state index contributed by atoms with van der Waals surface area (Å²) < 4.78 is 11.0. The zero-order chi connectivity index (χ0) is 20.2. The third-order valence-electron chi connectivity index (χ3n) is 4.19. The van der Waals surface area contributed by atoms with Crippen LogP contribution in [-0.4, -0.2) is 11.9 Å². The summed E-state index contributed by atoms with van der Waals surface area (Å²) in [5.74, 6) is 0.467. The minimum Gasteiger partial charge on any atom is -0.489 e. The molecule has 3 aromatic rings. The lowest BCUT2D eigenvalue weighted by molar-refractivity contribution is -0.129. The van der Waals surface area contributed by atoms with Crippen molar-refractivity contribution < 1.29 is 14.3 Å². The van der Waals surface area contributed by atoms with E-state index in [2.05, 4.69) is 4.99 Å². The van der Waals surface area contributed by atoms with Crippen molar-refractivity contribution in [1.82, 2.24) is 0 Å². The molecule has 144 valence electrons. The van der Waals surface area contributed by atoms with Gasteiger partial charge in [0.1, 0.15) is 12.4 Å². The average molecular weight is 424 g/mol. The van der Waals surface area contributed by atoms with Crippen LogP contribution in [0, 0.1) is 0 Å². The van der Waals surface area contributed by atoms with E-state index < -0.39 is 5.97 Å². The third-order valence-corrected chi connectivity index (χ3v) is 4.68. The first-order valence-corrected chi connectivity index (χ1v) is 9.58. The molecule has 0 atom stereocenters. The number of carbonyl (C=O) groups is 1. The van der Waals surface area contributed by atoms with Gasteiger partial charge >= 0.3 is 5.97 Å². The molecule has 1 aliphatic heterocycles. The number of ether oxygens (including phenoxy) is 2. The minimum absolute atomic E-state index is 0.231. The topological polar surface area (TPSA) is 47.9 Å². The van der Waals surface area contributed by atoms with Gasteiger partial charge in [-0.15, -0.1) is 0 Å². The number of cyclic esters (lactones) is 1. The third kappa shape index (κ3) is 4.86. The Morgan fingerprint density at radius 1 is 0.931 bits per heavy atom. The summed E-state index contributed by atoms with van der Waals surface area (Å²) in [6.07, 6.45) is 1.67. The minimum atomic E-state index is -0.497. The smallest absolute Gasteiger partial charge is 0.363 e. The van der Waals surface area contributed by atoms with Gasteiger partial charge in [-0.3, -0.25) is 0 Å². The molecule has 3 aromatic carbocycles. The van der Waals surface area contributed by atoms with Crippen molar-refractivity contribution >= 4 is 41.1 Å². The number of carbonyl (C=O) groups excluding carboxylic acids is 1. The summed E-state index contributed by atoms with van der Waals surface area (Å²) in [5, 5.41) is 1.24. The molecule has 4 nitrogen and oxygen atoms in total. The maximum atomic E-state index is 12.1. The van der Waals surface area contributed by atoms with Crippen molar-refractivity contribution in [2.24, 2.45) is 4.99 Å². The molecule has 29 heavy (non-hydrogen) atoms. The van der Waals surface area contributed by atoms with Crippen molar-refractivity contribution in [2.45, 2.75) is 6.61 Å². The zero-order valence-electron chi connectivity index (χ0n) is 15.1. The second-order valence-corrected chi connectivity index (χ2v) is 7.20. The number of nitrogens with zero attached hydrogens (tertiary/aromatic N) is 1. The molecule has 0 aliphatic carbocycles. The van der Waals surface area contributed by atoms with E-state index >= 15 is 0 Å². The van der Waals surface area contributed by atoms with Gasteiger partial charge in [0.25, 0.3) is 0 Å². The number of esters is 1. The highest BCUT2D eigenvalue weighted by molar-refractivity contribution is 6.31. The largest absolute Gasteiger partial charge is 0.489 e. The molecule has 1 aliphatic rings. The Morgan fingerprint density at radius 2 is 1.69 bits per heavy atom. The Kier molecular flexibility index (Phi) is 5.65. The van der Waals surface area contributed by atoms with E-state index in [1.165, 1.54) is 0 Å². The summed E-state index contributed by atoms with van der Waals surface area (Å²) in [6.45, 7) is 0.442. The molecule has 0 radical (unpaired) electrons. The lowest BCUT2D eigenvalue weighted by Crippen LogP contribution is -2.05. The van der Waals surface area contributed by atoms with Crippen LogP contribution in [0.3, 0.4) is 0 Å².